The Hall–Kier alpha value is -2.75. The summed E-state index contributed by atoms with van der Waals surface area (Å²) in [6.45, 7) is 0.452. The fraction of sp³-hybridized carbons (Fsp3) is 0.167. The van der Waals surface area contributed by atoms with E-state index in [0.29, 0.717) is 12.3 Å². The number of nitrogens with zero attached hydrogens (tertiary/aromatic N) is 1. The molecule has 22 heavy (non-hydrogen) atoms. The Morgan fingerprint density at radius 1 is 1.14 bits per heavy atom. The molecule has 1 N–H and O–H groups in total. The molecule has 1 aromatic heterocycles. The molecule has 0 atom stereocenters. The van der Waals surface area contributed by atoms with E-state index in [1.807, 2.05) is 36.4 Å². The summed E-state index contributed by atoms with van der Waals surface area (Å²) in [6, 6.07) is 16.5. The third-order valence-corrected chi connectivity index (χ3v) is 3.56. The Bertz CT molecular complexity index is 774. The van der Waals surface area contributed by atoms with Crippen LogP contribution in [0.2, 0.25) is 0 Å². The van der Waals surface area contributed by atoms with Gasteiger partial charge in [0.05, 0.1) is 6.42 Å². The average molecular weight is 295 g/mol. The van der Waals surface area contributed by atoms with Crippen molar-refractivity contribution in [2.24, 2.45) is 0 Å². The fourth-order valence-corrected chi connectivity index (χ4v) is 2.42. The number of hydrogen-bond donors (Lipinski definition) is 1. The topological polar surface area (TPSA) is 53.7 Å². The van der Waals surface area contributed by atoms with Crippen LogP contribution in [0.3, 0.4) is 0 Å². The van der Waals surface area contributed by atoms with Gasteiger partial charge in [-0.25, -0.2) is 0 Å². The first-order valence-electron chi connectivity index (χ1n) is 7.11. The number of fused-ring (bicyclic) bond motifs is 1. The lowest BCUT2D eigenvalue weighted by Crippen LogP contribution is -2.27. The number of carbonyl (C=O) groups excluding carboxylic acids is 1. The molecule has 0 unspecified atom stereocenters. The third kappa shape index (κ3) is 3.11. The van der Waals surface area contributed by atoms with Gasteiger partial charge in [0.2, 0.25) is 5.91 Å². The van der Waals surface area contributed by atoms with E-state index in [2.05, 4.69) is 0 Å². The maximum atomic E-state index is 12.3. The first-order valence-corrected chi connectivity index (χ1v) is 7.11. The highest BCUT2D eigenvalue weighted by Gasteiger charge is 2.13. The van der Waals surface area contributed by atoms with Crippen molar-refractivity contribution in [1.29, 1.82) is 0 Å². The number of hydrogen-bond acceptors (Lipinski definition) is 3. The maximum absolute atomic E-state index is 12.3. The van der Waals surface area contributed by atoms with Crippen molar-refractivity contribution in [2.75, 3.05) is 7.05 Å². The van der Waals surface area contributed by atoms with Crippen LogP contribution in [0.4, 0.5) is 0 Å². The highest BCUT2D eigenvalue weighted by Crippen LogP contribution is 2.20. The SMILES string of the molecule is CN(Cc1cccc(O)c1)C(=O)Cc1cc2ccccc2o1. The summed E-state index contributed by atoms with van der Waals surface area (Å²) in [5.41, 5.74) is 1.68. The fourth-order valence-electron chi connectivity index (χ4n) is 2.42. The van der Waals surface area contributed by atoms with Crippen LogP contribution in [0, 0.1) is 0 Å². The highest BCUT2D eigenvalue weighted by molar-refractivity contribution is 5.82. The number of phenolic OH excluding ortho intramolecular Hbond substituents is 1. The quantitative estimate of drug-likeness (QED) is 0.803. The molecule has 0 bridgehead atoms. The number of furan rings is 1. The standard InChI is InChI=1S/C18H17NO3/c1-19(12-13-5-4-7-15(20)9-13)18(21)11-16-10-14-6-2-3-8-17(14)22-16/h2-10,20H,11-12H2,1H3. The smallest absolute Gasteiger partial charge is 0.230 e. The third-order valence-electron chi connectivity index (χ3n) is 3.56. The summed E-state index contributed by atoms with van der Waals surface area (Å²) in [7, 11) is 1.75. The molecule has 0 aliphatic rings. The summed E-state index contributed by atoms with van der Waals surface area (Å²) < 4.78 is 5.67. The molecule has 2 aromatic carbocycles. The zero-order valence-electron chi connectivity index (χ0n) is 12.3. The highest BCUT2D eigenvalue weighted by atomic mass is 16.3. The van der Waals surface area contributed by atoms with Crippen LogP contribution in [0.15, 0.2) is 59.0 Å². The minimum atomic E-state index is -0.0256. The predicted octanol–water partition coefficient (Wildman–Crippen LogP) is 3.34. The van der Waals surface area contributed by atoms with Crippen molar-refractivity contribution in [2.45, 2.75) is 13.0 Å². The van der Waals surface area contributed by atoms with E-state index in [4.69, 9.17) is 4.42 Å². The summed E-state index contributed by atoms with van der Waals surface area (Å²) in [4.78, 5) is 13.9. The molecule has 0 saturated carbocycles. The number of para-hydroxylation sites is 1. The molecular formula is C18H17NO3. The maximum Gasteiger partial charge on any atom is 0.230 e. The van der Waals surface area contributed by atoms with Crippen LogP contribution < -0.4 is 0 Å². The van der Waals surface area contributed by atoms with Gasteiger partial charge in [-0.2, -0.15) is 0 Å². The Morgan fingerprint density at radius 3 is 2.73 bits per heavy atom. The van der Waals surface area contributed by atoms with Crippen molar-refractivity contribution in [3.8, 4) is 5.75 Å². The predicted molar refractivity (Wildman–Crippen MR) is 84.5 cm³/mol. The molecule has 1 amide bonds. The second kappa shape index (κ2) is 5.93. The van der Waals surface area contributed by atoms with Crippen molar-refractivity contribution in [3.63, 3.8) is 0 Å². The van der Waals surface area contributed by atoms with Crippen LogP contribution in [0.25, 0.3) is 11.0 Å². The molecule has 0 fully saturated rings. The summed E-state index contributed by atoms with van der Waals surface area (Å²) in [5, 5.41) is 10.5. The van der Waals surface area contributed by atoms with Gasteiger partial charge >= 0.3 is 0 Å². The number of likely N-dealkylation sites (N-methyl/N-ethyl adjacent to an activating group) is 1. The monoisotopic (exact) mass is 295 g/mol. The molecule has 0 radical (unpaired) electrons. The van der Waals surface area contributed by atoms with Gasteiger partial charge in [-0.05, 0) is 29.8 Å². The normalized spacial score (nSPS) is 10.8. The van der Waals surface area contributed by atoms with Crippen molar-refractivity contribution in [1.82, 2.24) is 4.90 Å². The van der Waals surface area contributed by atoms with Gasteiger partial charge in [-0.3, -0.25) is 4.79 Å². The molecule has 3 aromatic rings. The Labute approximate surface area is 128 Å². The summed E-state index contributed by atoms with van der Waals surface area (Å²) in [5.74, 6) is 0.840. The Morgan fingerprint density at radius 2 is 1.95 bits per heavy atom. The minimum Gasteiger partial charge on any atom is -0.508 e. The van der Waals surface area contributed by atoms with Crippen LogP contribution in [-0.2, 0) is 17.8 Å². The molecule has 1 heterocycles. The van der Waals surface area contributed by atoms with Crippen molar-refractivity contribution in [3.05, 3.63) is 65.9 Å². The zero-order chi connectivity index (χ0) is 15.5. The van der Waals surface area contributed by atoms with Gasteiger partial charge in [-0.15, -0.1) is 0 Å². The zero-order valence-corrected chi connectivity index (χ0v) is 12.3. The number of rotatable bonds is 4. The number of phenols is 1. The largest absolute Gasteiger partial charge is 0.508 e. The molecule has 0 aliphatic heterocycles. The van der Waals surface area contributed by atoms with Gasteiger partial charge < -0.3 is 14.4 Å². The van der Waals surface area contributed by atoms with Gasteiger partial charge in [0.25, 0.3) is 0 Å². The molecule has 112 valence electrons. The van der Waals surface area contributed by atoms with Crippen molar-refractivity contribution >= 4 is 16.9 Å². The van der Waals surface area contributed by atoms with Crippen LogP contribution in [0.1, 0.15) is 11.3 Å². The number of carbonyl (C=O) groups is 1. The van der Waals surface area contributed by atoms with Gasteiger partial charge in [-0.1, -0.05) is 30.3 Å². The molecule has 0 saturated heterocycles. The van der Waals surface area contributed by atoms with Crippen LogP contribution in [-0.4, -0.2) is 23.0 Å². The Kier molecular flexibility index (Phi) is 3.83. The van der Waals surface area contributed by atoms with E-state index in [-0.39, 0.29) is 18.1 Å². The van der Waals surface area contributed by atoms with Crippen LogP contribution in [0.5, 0.6) is 5.75 Å². The number of amides is 1. The lowest BCUT2D eigenvalue weighted by atomic mass is 10.2. The summed E-state index contributed by atoms with van der Waals surface area (Å²) >= 11 is 0. The van der Waals surface area contributed by atoms with E-state index in [9.17, 15) is 9.90 Å². The van der Waals surface area contributed by atoms with Gasteiger partial charge in [0, 0.05) is 19.0 Å². The lowest BCUT2D eigenvalue weighted by Gasteiger charge is -2.16. The lowest BCUT2D eigenvalue weighted by molar-refractivity contribution is -0.129. The van der Waals surface area contributed by atoms with E-state index in [1.54, 1.807) is 30.1 Å². The van der Waals surface area contributed by atoms with E-state index >= 15 is 0 Å². The Balaban J connectivity index is 1.68. The molecule has 0 spiro atoms. The summed E-state index contributed by atoms with van der Waals surface area (Å²) in [6.07, 6.45) is 0.226. The van der Waals surface area contributed by atoms with Crippen LogP contribution >= 0.6 is 0 Å². The molecule has 4 heteroatoms. The molecule has 0 aliphatic carbocycles. The first kappa shape index (κ1) is 14.2. The van der Waals surface area contributed by atoms with E-state index in [0.717, 1.165) is 16.5 Å². The van der Waals surface area contributed by atoms with E-state index < -0.39 is 0 Å². The first-order chi connectivity index (χ1) is 10.6. The molecule has 4 nitrogen and oxygen atoms in total. The average Bonchev–Trinajstić information content (AvgIpc) is 2.89. The molecule has 3 rings (SSSR count). The molecular weight excluding hydrogens is 278 g/mol. The van der Waals surface area contributed by atoms with Gasteiger partial charge in [0.15, 0.2) is 0 Å². The van der Waals surface area contributed by atoms with E-state index in [1.165, 1.54) is 0 Å². The van der Waals surface area contributed by atoms with Crippen molar-refractivity contribution < 1.29 is 14.3 Å². The minimum absolute atomic E-state index is 0.0256. The number of benzene rings is 2. The van der Waals surface area contributed by atoms with Gasteiger partial charge in [0.1, 0.15) is 17.1 Å². The second-order valence-corrected chi connectivity index (χ2v) is 5.35. The number of aromatic hydroxyl groups is 1. The second-order valence-electron chi connectivity index (χ2n) is 5.35.